The predicted octanol–water partition coefficient (Wildman–Crippen LogP) is 2.33. The molecule has 1 aromatic rings. The summed E-state index contributed by atoms with van der Waals surface area (Å²) in [7, 11) is 0. The summed E-state index contributed by atoms with van der Waals surface area (Å²) < 4.78 is 0. The van der Waals surface area contributed by atoms with Gasteiger partial charge in [-0.3, -0.25) is 19.4 Å². The summed E-state index contributed by atoms with van der Waals surface area (Å²) in [6, 6.07) is 1.84. The standard InChI is InChI=1S/C21H33N5O2/c1-3-21(4-2)16-18(27)26(19(28)17-21)11-6-5-10-24-12-14-25(15-13-24)20-22-8-7-9-23-20/h7-9H,3-6,10-17H2,1-2H3. The third-order valence-corrected chi connectivity index (χ3v) is 6.47. The lowest BCUT2D eigenvalue weighted by molar-refractivity contribution is -0.153. The van der Waals surface area contributed by atoms with Crippen LogP contribution >= 0.6 is 0 Å². The van der Waals surface area contributed by atoms with Crippen LogP contribution in [0.1, 0.15) is 52.4 Å². The van der Waals surface area contributed by atoms with Crippen LogP contribution in [0, 0.1) is 5.41 Å². The second-order valence-electron chi connectivity index (χ2n) is 8.08. The smallest absolute Gasteiger partial charge is 0.229 e. The summed E-state index contributed by atoms with van der Waals surface area (Å²) in [4.78, 5) is 39.8. The molecule has 0 N–H and O–H groups in total. The van der Waals surface area contributed by atoms with Crippen molar-refractivity contribution in [2.24, 2.45) is 5.41 Å². The SMILES string of the molecule is CCC1(CC)CC(=O)N(CCCCN2CCN(c3ncccn3)CC2)C(=O)C1. The van der Waals surface area contributed by atoms with Crippen molar-refractivity contribution >= 4 is 17.8 Å². The van der Waals surface area contributed by atoms with Gasteiger partial charge >= 0.3 is 0 Å². The van der Waals surface area contributed by atoms with Crippen LogP contribution in [0.5, 0.6) is 0 Å². The lowest BCUT2D eigenvalue weighted by Gasteiger charge is -2.39. The van der Waals surface area contributed by atoms with E-state index in [4.69, 9.17) is 0 Å². The Bertz CT molecular complexity index is 634. The van der Waals surface area contributed by atoms with E-state index in [9.17, 15) is 9.59 Å². The van der Waals surface area contributed by atoms with Crippen molar-refractivity contribution in [2.75, 3.05) is 44.2 Å². The molecule has 0 aliphatic carbocycles. The van der Waals surface area contributed by atoms with Gasteiger partial charge in [0.1, 0.15) is 0 Å². The topological polar surface area (TPSA) is 69.6 Å². The number of nitrogens with zero attached hydrogens (tertiary/aromatic N) is 5. The fraction of sp³-hybridized carbons (Fsp3) is 0.714. The third kappa shape index (κ3) is 4.87. The van der Waals surface area contributed by atoms with E-state index in [2.05, 4.69) is 33.6 Å². The number of hydrogen-bond donors (Lipinski definition) is 0. The van der Waals surface area contributed by atoms with E-state index in [0.29, 0.717) is 19.4 Å². The maximum absolute atomic E-state index is 12.5. The molecule has 28 heavy (non-hydrogen) atoms. The van der Waals surface area contributed by atoms with Crippen molar-refractivity contribution < 1.29 is 9.59 Å². The van der Waals surface area contributed by atoms with E-state index < -0.39 is 0 Å². The summed E-state index contributed by atoms with van der Waals surface area (Å²) in [6.07, 6.45) is 8.29. The number of hydrogen-bond acceptors (Lipinski definition) is 6. The van der Waals surface area contributed by atoms with Crippen molar-refractivity contribution in [2.45, 2.75) is 52.4 Å². The summed E-state index contributed by atoms with van der Waals surface area (Å²) in [5.74, 6) is 0.854. The van der Waals surface area contributed by atoms with Gasteiger partial charge in [0.2, 0.25) is 17.8 Å². The molecule has 2 fully saturated rings. The van der Waals surface area contributed by atoms with Crippen LogP contribution in [-0.4, -0.2) is 70.9 Å². The minimum absolute atomic E-state index is 0.0245. The van der Waals surface area contributed by atoms with Gasteiger partial charge in [-0.25, -0.2) is 9.97 Å². The Morgan fingerprint density at radius 3 is 2.04 bits per heavy atom. The number of rotatable bonds is 8. The van der Waals surface area contributed by atoms with Crippen LogP contribution in [0.25, 0.3) is 0 Å². The zero-order valence-electron chi connectivity index (χ0n) is 17.3. The lowest BCUT2D eigenvalue weighted by atomic mass is 9.73. The van der Waals surface area contributed by atoms with Crippen LogP contribution in [0.4, 0.5) is 5.95 Å². The van der Waals surface area contributed by atoms with Crippen molar-refractivity contribution in [1.82, 2.24) is 19.8 Å². The van der Waals surface area contributed by atoms with E-state index in [1.54, 1.807) is 12.4 Å². The first-order valence-corrected chi connectivity index (χ1v) is 10.6. The number of aromatic nitrogens is 2. The van der Waals surface area contributed by atoms with E-state index in [0.717, 1.165) is 64.4 Å². The van der Waals surface area contributed by atoms with Crippen LogP contribution in [0.15, 0.2) is 18.5 Å². The number of carbonyl (C=O) groups excluding carboxylic acids is 2. The second kappa shape index (κ2) is 9.45. The zero-order chi connectivity index (χ0) is 20.0. The number of piperidine rings is 1. The maximum Gasteiger partial charge on any atom is 0.229 e. The van der Waals surface area contributed by atoms with Gasteiger partial charge in [-0.2, -0.15) is 0 Å². The van der Waals surface area contributed by atoms with Crippen LogP contribution in [-0.2, 0) is 9.59 Å². The first kappa shape index (κ1) is 20.7. The molecule has 0 saturated carbocycles. The Hall–Kier alpha value is -2.02. The summed E-state index contributed by atoms with van der Waals surface area (Å²) in [6.45, 7) is 9.61. The normalized spacial score (nSPS) is 20.6. The highest BCUT2D eigenvalue weighted by Crippen LogP contribution is 2.39. The van der Waals surface area contributed by atoms with Crippen molar-refractivity contribution in [3.8, 4) is 0 Å². The molecule has 0 spiro atoms. The van der Waals surface area contributed by atoms with Crippen molar-refractivity contribution in [3.63, 3.8) is 0 Å². The summed E-state index contributed by atoms with van der Waals surface area (Å²) in [5.41, 5.74) is -0.104. The number of carbonyl (C=O) groups is 2. The molecule has 3 heterocycles. The molecule has 0 unspecified atom stereocenters. The van der Waals surface area contributed by atoms with Crippen LogP contribution in [0.3, 0.4) is 0 Å². The van der Waals surface area contributed by atoms with E-state index in [-0.39, 0.29) is 17.2 Å². The largest absolute Gasteiger partial charge is 0.338 e. The maximum atomic E-state index is 12.5. The number of unbranched alkanes of at least 4 members (excludes halogenated alkanes) is 1. The molecular weight excluding hydrogens is 354 g/mol. The third-order valence-electron chi connectivity index (χ3n) is 6.47. The highest BCUT2D eigenvalue weighted by Gasteiger charge is 2.40. The summed E-state index contributed by atoms with van der Waals surface area (Å²) in [5, 5.41) is 0. The monoisotopic (exact) mass is 387 g/mol. The number of piperazine rings is 1. The molecule has 2 amide bonds. The minimum Gasteiger partial charge on any atom is -0.338 e. The molecule has 3 rings (SSSR count). The lowest BCUT2D eigenvalue weighted by Crippen LogP contribution is -2.48. The highest BCUT2D eigenvalue weighted by atomic mass is 16.2. The number of amides is 2. The van der Waals surface area contributed by atoms with E-state index in [1.165, 1.54) is 4.90 Å². The molecule has 2 saturated heterocycles. The van der Waals surface area contributed by atoms with Gasteiger partial charge < -0.3 is 4.90 Å². The fourth-order valence-corrected chi connectivity index (χ4v) is 4.26. The highest BCUT2D eigenvalue weighted by molar-refractivity contribution is 5.98. The van der Waals surface area contributed by atoms with Gasteiger partial charge in [0.05, 0.1) is 0 Å². The average molecular weight is 388 g/mol. The average Bonchev–Trinajstić information content (AvgIpc) is 2.73. The molecule has 7 nitrogen and oxygen atoms in total. The molecule has 2 aliphatic heterocycles. The zero-order valence-corrected chi connectivity index (χ0v) is 17.3. The molecule has 1 aromatic heterocycles. The van der Waals surface area contributed by atoms with Gasteiger partial charge in [-0.15, -0.1) is 0 Å². The van der Waals surface area contributed by atoms with E-state index in [1.807, 2.05) is 6.07 Å². The Kier molecular flexibility index (Phi) is 6.99. The van der Waals surface area contributed by atoms with Gasteiger partial charge in [-0.05, 0) is 43.7 Å². The van der Waals surface area contributed by atoms with Crippen molar-refractivity contribution in [1.29, 1.82) is 0 Å². The Labute approximate surface area is 168 Å². The molecule has 0 aromatic carbocycles. The second-order valence-corrected chi connectivity index (χ2v) is 8.08. The molecule has 7 heteroatoms. The predicted molar refractivity (Wildman–Crippen MR) is 109 cm³/mol. The first-order chi connectivity index (χ1) is 13.6. The number of anilines is 1. The fourth-order valence-electron chi connectivity index (χ4n) is 4.26. The number of imide groups is 1. The van der Waals surface area contributed by atoms with Crippen molar-refractivity contribution in [3.05, 3.63) is 18.5 Å². The summed E-state index contributed by atoms with van der Waals surface area (Å²) >= 11 is 0. The first-order valence-electron chi connectivity index (χ1n) is 10.6. The van der Waals surface area contributed by atoms with Gasteiger partial charge in [-0.1, -0.05) is 13.8 Å². The number of likely N-dealkylation sites (tertiary alicyclic amines) is 1. The van der Waals surface area contributed by atoms with Crippen LogP contribution < -0.4 is 4.90 Å². The van der Waals surface area contributed by atoms with Gasteiger partial charge in [0, 0.05) is 58.0 Å². The molecule has 0 bridgehead atoms. The molecule has 0 atom stereocenters. The molecule has 0 radical (unpaired) electrons. The minimum atomic E-state index is -0.104. The van der Waals surface area contributed by atoms with Crippen LogP contribution in [0.2, 0.25) is 0 Å². The quantitative estimate of drug-likeness (QED) is 0.504. The molecule has 154 valence electrons. The van der Waals surface area contributed by atoms with Gasteiger partial charge in [0.15, 0.2) is 0 Å². The van der Waals surface area contributed by atoms with Gasteiger partial charge in [0.25, 0.3) is 0 Å². The Morgan fingerprint density at radius 2 is 1.46 bits per heavy atom. The Balaban J connectivity index is 1.36. The van der Waals surface area contributed by atoms with E-state index >= 15 is 0 Å². The molecular formula is C21H33N5O2. The molecule has 2 aliphatic rings. The Morgan fingerprint density at radius 1 is 0.893 bits per heavy atom.